The molecule has 0 spiro atoms. The molecule has 6 nitrogen and oxygen atoms in total. The topological polar surface area (TPSA) is 76.7 Å². The Morgan fingerprint density at radius 3 is 2.41 bits per heavy atom. The molecule has 7 heteroatoms. The van der Waals surface area contributed by atoms with Gasteiger partial charge in [0.15, 0.2) is 0 Å². The second-order valence-corrected chi connectivity index (χ2v) is 4.90. The van der Waals surface area contributed by atoms with Gasteiger partial charge in [-0.3, -0.25) is 20.6 Å². The molecule has 0 bridgehead atoms. The van der Waals surface area contributed by atoms with E-state index in [9.17, 15) is 8.42 Å². The van der Waals surface area contributed by atoms with Gasteiger partial charge < -0.3 is 0 Å². The second-order valence-electron chi connectivity index (χ2n) is 3.03. The Morgan fingerprint density at radius 2 is 1.88 bits per heavy atom. The summed E-state index contributed by atoms with van der Waals surface area (Å²) >= 11 is 0. The molecule has 0 saturated heterocycles. The van der Waals surface area contributed by atoms with Gasteiger partial charge >= 0.3 is 0 Å². The first-order chi connectivity index (χ1) is 8.05. The van der Waals surface area contributed by atoms with Gasteiger partial charge in [-0.05, 0) is 18.2 Å². The molecule has 1 aromatic rings. The van der Waals surface area contributed by atoms with Gasteiger partial charge in [-0.25, -0.2) is 8.42 Å². The highest BCUT2D eigenvalue weighted by molar-refractivity contribution is 7.94. The number of rotatable bonds is 6. The predicted molar refractivity (Wildman–Crippen MR) is 65.1 cm³/mol. The molecule has 2 N–H and O–H groups in total. The molecule has 0 saturated carbocycles. The van der Waals surface area contributed by atoms with Crippen LogP contribution in [0.15, 0.2) is 35.1 Å². The first-order valence-electron chi connectivity index (χ1n) is 4.64. The Bertz CT molecular complexity index is 499. The Labute approximate surface area is 100 Å². The largest absolute Gasteiger partial charge is 0.279 e. The minimum Gasteiger partial charge on any atom is -0.279 e. The SMILES string of the molecule is C=CS(=O)(=O)c1cc(NOC)ccc1NOC. The maximum Gasteiger partial charge on any atom is 0.201 e. The molecule has 0 aliphatic rings. The third-order valence-corrected chi connectivity index (χ3v) is 3.33. The van der Waals surface area contributed by atoms with Crippen molar-refractivity contribution < 1.29 is 18.1 Å². The van der Waals surface area contributed by atoms with Crippen LogP contribution in [0.25, 0.3) is 0 Å². The molecule has 1 aromatic carbocycles. The number of nitrogens with one attached hydrogen (secondary N) is 2. The van der Waals surface area contributed by atoms with Gasteiger partial charge in [-0.1, -0.05) is 6.58 Å². The highest BCUT2D eigenvalue weighted by Gasteiger charge is 2.16. The zero-order valence-electron chi connectivity index (χ0n) is 9.56. The average Bonchev–Trinajstić information content (AvgIpc) is 2.31. The Balaban J connectivity index is 3.30. The number of benzene rings is 1. The Hall–Kier alpha value is -1.57. The molecule has 1 rings (SSSR count). The van der Waals surface area contributed by atoms with Gasteiger partial charge in [0.25, 0.3) is 0 Å². The van der Waals surface area contributed by atoms with Crippen LogP contribution in [0, 0.1) is 0 Å². The molecule has 0 atom stereocenters. The summed E-state index contributed by atoms with van der Waals surface area (Å²) in [5, 5.41) is 0.875. The molecular formula is C10H14N2O4S. The van der Waals surface area contributed by atoms with Gasteiger partial charge in [0.2, 0.25) is 9.84 Å². The molecule has 0 aliphatic carbocycles. The minimum absolute atomic E-state index is 0.0522. The van der Waals surface area contributed by atoms with Crippen LogP contribution >= 0.6 is 0 Å². The summed E-state index contributed by atoms with van der Waals surface area (Å²) < 4.78 is 23.5. The van der Waals surface area contributed by atoms with Crippen molar-refractivity contribution in [1.29, 1.82) is 0 Å². The van der Waals surface area contributed by atoms with E-state index in [4.69, 9.17) is 9.68 Å². The maximum atomic E-state index is 11.8. The first kappa shape index (κ1) is 13.5. The predicted octanol–water partition coefficient (Wildman–Crippen LogP) is 1.55. The van der Waals surface area contributed by atoms with E-state index in [1.807, 2.05) is 0 Å². The molecule has 0 aromatic heterocycles. The van der Waals surface area contributed by atoms with Gasteiger partial charge in [-0.2, -0.15) is 0 Å². The van der Waals surface area contributed by atoms with Gasteiger partial charge in [0, 0.05) is 5.41 Å². The summed E-state index contributed by atoms with van der Waals surface area (Å²) in [6.45, 7) is 3.28. The summed E-state index contributed by atoms with van der Waals surface area (Å²) in [5.41, 5.74) is 5.87. The molecule has 0 amide bonds. The van der Waals surface area contributed by atoms with Crippen molar-refractivity contribution in [2.45, 2.75) is 4.90 Å². The zero-order chi connectivity index (χ0) is 12.9. The monoisotopic (exact) mass is 258 g/mol. The van der Waals surface area contributed by atoms with E-state index in [0.717, 1.165) is 5.41 Å². The zero-order valence-corrected chi connectivity index (χ0v) is 10.4. The molecule has 0 aliphatic heterocycles. The van der Waals surface area contributed by atoms with E-state index in [2.05, 4.69) is 17.5 Å². The summed E-state index contributed by atoms with van der Waals surface area (Å²) in [5.74, 6) is 0. The minimum atomic E-state index is -3.57. The summed E-state index contributed by atoms with van der Waals surface area (Å²) in [7, 11) is -0.738. The summed E-state index contributed by atoms with van der Waals surface area (Å²) in [4.78, 5) is 9.47. The average molecular weight is 258 g/mol. The standard InChI is InChI=1S/C10H14N2O4S/c1-4-17(13,14)10-7-8(11-15-2)5-6-9(10)12-16-3/h4-7,11-12H,1H2,2-3H3. The quantitative estimate of drug-likeness (QED) is 0.754. The molecule has 17 heavy (non-hydrogen) atoms. The van der Waals surface area contributed by atoms with Gasteiger partial charge in [-0.15, -0.1) is 0 Å². The third-order valence-electron chi connectivity index (χ3n) is 1.94. The van der Waals surface area contributed by atoms with Crippen LogP contribution in [0.1, 0.15) is 0 Å². The van der Waals surface area contributed by atoms with E-state index in [1.54, 1.807) is 12.1 Å². The smallest absolute Gasteiger partial charge is 0.201 e. The van der Waals surface area contributed by atoms with Crippen molar-refractivity contribution in [3.8, 4) is 0 Å². The Morgan fingerprint density at radius 1 is 1.24 bits per heavy atom. The fourth-order valence-electron chi connectivity index (χ4n) is 1.22. The second kappa shape index (κ2) is 5.67. The lowest BCUT2D eigenvalue weighted by Gasteiger charge is -2.11. The van der Waals surface area contributed by atoms with E-state index >= 15 is 0 Å². The highest BCUT2D eigenvalue weighted by atomic mass is 32.2. The van der Waals surface area contributed by atoms with Crippen molar-refractivity contribution in [3.63, 3.8) is 0 Å². The first-order valence-corrected chi connectivity index (χ1v) is 6.19. The van der Waals surface area contributed by atoms with Crippen LogP contribution in [-0.4, -0.2) is 22.6 Å². The normalized spacial score (nSPS) is 10.9. The Kier molecular flexibility index (Phi) is 4.50. The third kappa shape index (κ3) is 3.19. The summed E-state index contributed by atoms with van der Waals surface area (Å²) in [6.07, 6.45) is 0. The van der Waals surface area contributed by atoms with E-state index in [-0.39, 0.29) is 4.90 Å². The van der Waals surface area contributed by atoms with Crippen molar-refractivity contribution in [3.05, 3.63) is 30.2 Å². The molecule has 0 radical (unpaired) electrons. The van der Waals surface area contributed by atoms with Crippen LogP contribution < -0.4 is 11.0 Å². The van der Waals surface area contributed by atoms with Crippen LogP contribution in [0.5, 0.6) is 0 Å². The van der Waals surface area contributed by atoms with Crippen LogP contribution in [0.4, 0.5) is 11.4 Å². The maximum absolute atomic E-state index is 11.8. The fourth-order valence-corrected chi connectivity index (χ4v) is 2.11. The van der Waals surface area contributed by atoms with E-state index < -0.39 is 9.84 Å². The molecular weight excluding hydrogens is 244 g/mol. The molecule has 0 fully saturated rings. The molecule has 0 unspecified atom stereocenters. The number of sulfone groups is 1. The number of hydrogen-bond donors (Lipinski definition) is 2. The van der Waals surface area contributed by atoms with Crippen molar-refractivity contribution in [2.24, 2.45) is 0 Å². The van der Waals surface area contributed by atoms with Crippen molar-refractivity contribution in [1.82, 2.24) is 0 Å². The molecule has 0 heterocycles. The summed E-state index contributed by atoms with van der Waals surface area (Å²) in [6, 6.07) is 4.62. The van der Waals surface area contributed by atoms with Crippen molar-refractivity contribution >= 4 is 21.2 Å². The van der Waals surface area contributed by atoms with Crippen molar-refractivity contribution in [2.75, 3.05) is 25.2 Å². The number of hydrogen-bond acceptors (Lipinski definition) is 6. The van der Waals surface area contributed by atoms with Crippen LogP contribution in [-0.2, 0) is 19.5 Å². The van der Waals surface area contributed by atoms with Crippen LogP contribution in [0.3, 0.4) is 0 Å². The number of anilines is 2. The van der Waals surface area contributed by atoms with Gasteiger partial charge in [0.1, 0.15) is 0 Å². The lowest BCUT2D eigenvalue weighted by atomic mass is 10.3. The lowest BCUT2D eigenvalue weighted by Crippen LogP contribution is -2.06. The van der Waals surface area contributed by atoms with E-state index in [0.29, 0.717) is 11.4 Å². The van der Waals surface area contributed by atoms with E-state index in [1.165, 1.54) is 20.3 Å². The fraction of sp³-hybridized carbons (Fsp3) is 0.200. The highest BCUT2D eigenvalue weighted by Crippen LogP contribution is 2.26. The lowest BCUT2D eigenvalue weighted by molar-refractivity contribution is 0.268. The van der Waals surface area contributed by atoms with Crippen LogP contribution in [0.2, 0.25) is 0 Å². The molecule has 94 valence electrons. The van der Waals surface area contributed by atoms with Gasteiger partial charge in [0.05, 0.1) is 30.5 Å².